The van der Waals surface area contributed by atoms with Crippen molar-refractivity contribution >= 4 is 5.91 Å². The molecule has 31 heavy (non-hydrogen) atoms. The van der Waals surface area contributed by atoms with Crippen LogP contribution in [-0.4, -0.2) is 33.9 Å². The van der Waals surface area contributed by atoms with Gasteiger partial charge in [-0.1, -0.05) is 42.5 Å². The van der Waals surface area contributed by atoms with Crippen molar-refractivity contribution in [3.05, 3.63) is 94.8 Å². The second-order valence-corrected chi connectivity index (χ2v) is 8.10. The lowest BCUT2D eigenvalue weighted by atomic mass is 9.96. The Morgan fingerprint density at radius 2 is 1.90 bits per heavy atom. The third-order valence-electron chi connectivity index (χ3n) is 5.73. The molecule has 160 valence electrons. The number of halogens is 1. The summed E-state index contributed by atoms with van der Waals surface area (Å²) in [7, 11) is 0. The second-order valence-electron chi connectivity index (χ2n) is 8.10. The number of carbonyl (C=O) groups is 1. The van der Waals surface area contributed by atoms with Crippen LogP contribution in [0.3, 0.4) is 0 Å². The van der Waals surface area contributed by atoms with Crippen molar-refractivity contribution in [3.63, 3.8) is 0 Å². The van der Waals surface area contributed by atoms with Crippen LogP contribution in [0.4, 0.5) is 4.39 Å². The van der Waals surface area contributed by atoms with E-state index in [0.29, 0.717) is 17.8 Å². The van der Waals surface area contributed by atoms with E-state index < -0.39 is 0 Å². The first-order valence-corrected chi connectivity index (χ1v) is 10.7. The Labute approximate surface area is 182 Å². The topological polar surface area (TPSA) is 58.1 Å². The lowest BCUT2D eigenvalue weighted by Gasteiger charge is -2.32. The molecule has 6 heteroatoms. The summed E-state index contributed by atoms with van der Waals surface area (Å²) in [6.07, 6.45) is 3.80. The number of carbonyl (C=O) groups excluding carboxylic acids is 1. The molecule has 0 saturated carbocycles. The molecule has 0 spiro atoms. The molecule has 4 rings (SSSR count). The fraction of sp³-hybridized carbons (Fsp3) is 0.320. The molecule has 3 aromatic rings. The molecule has 0 radical (unpaired) electrons. The molecule has 0 bridgehead atoms. The lowest BCUT2D eigenvalue weighted by molar-refractivity contribution is 0.0949. The van der Waals surface area contributed by atoms with E-state index in [2.05, 4.69) is 44.5 Å². The standard InChI is InChI=1S/C25H27FN4O/c1-18-23(25(31)28-14-19-9-11-22(26)12-10-19)15-27-24(29-18)21-8-5-13-30(17-21)16-20-6-3-2-4-7-20/h2-4,6-7,9-12,15,21H,5,8,13-14,16-17H2,1H3,(H,28,31). The monoisotopic (exact) mass is 418 g/mol. The van der Waals surface area contributed by atoms with Crippen LogP contribution < -0.4 is 5.32 Å². The average Bonchev–Trinajstić information content (AvgIpc) is 2.79. The van der Waals surface area contributed by atoms with Crippen LogP contribution in [0.15, 0.2) is 60.8 Å². The summed E-state index contributed by atoms with van der Waals surface area (Å²) in [5, 5.41) is 2.86. The van der Waals surface area contributed by atoms with Gasteiger partial charge >= 0.3 is 0 Å². The first-order valence-electron chi connectivity index (χ1n) is 10.7. The van der Waals surface area contributed by atoms with Crippen LogP contribution in [-0.2, 0) is 13.1 Å². The van der Waals surface area contributed by atoms with Crippen LogP contribution in [0.25, 0.3) is 0 Å². The number of aryl methyl sites for hydroxylation is 1. The van der Waals surface area contributed by atoms with E-state index >= 15 is 0 Å². The smallest absolute Gasteiger partial charge is 0.254 e. The van der Waals surface area contributed by atoms with Gasteiger partial charge in [0.2, 0.25) is 0 Å². The number of aromatic nitrogens is 2. The van der Waals surface area contributed by atoms with Crippen molar-refractivity contribution in [1.29, 1.82) is 0 Å². The molecule has 1 amide bonds. The van der Waals surface area contributed by atoms with Crippen molar-refractivity contribution in [2.24, 2.45) is 0 Å². The largest absolute Gasteiger partial charge is 0.348 e. The highest BCUT2D eigenvalue weighted by Crippen LogP contribution is 2.26. The minimum Gasteiger partial charge on any atom is -0.348 e. The maximum Gasteiger partial charge on any atom is 0.254 e. The van der Waals surface area contributed by atoms with Gasteiger partial charge in [0.05, 0.1) is 11.3 Å². The minimum atomic E-state index is -0.292. The predicted octanol–water partition coefficient (Wildman–Crippen LogP) is 4.23. The number of rotatable bonds is 6. The Hall–Kier alpha value is -3.12. The van der Waals surface area contributed by atoms with Crippen molar-refractivity contribution in [3.8, 4) is 0 Å². The van der Waals surface area contributed by atoms with Crippen LogP contribution in [0.1, 0.15) is 51.8 Å². The average molecular weight is 419 g/mol. The first-order chi connectivity index (χ1) is 15.1. The molecule has 0 aliphatic carbocycles. The number of piperidine rings is 1. The Kier molecular flexibility index (Phi) is 6.67. The maximum atomic E-state index is 13.0. The van der Waals surface area contributed by atoms with Crippen LogP contribution in [0.5, 0.6) is 0 Å². The van der Waals surface area contributed by atoms with Gasteiger partial charge in [-0.3, -0.25) is 9.69 Å². The molecule has 1 unspecified atom stereocenters. The lowest BCUT2D eigenvalue weighted by Crippen LogP contribution is -2.34. The van der Waals surface area contributed by atoms with Crippen molar-refractivity contribution in [2.45, 2.75) is 38.8 Å². The van der Waals surface area contributed by atoms with Gasteiger partial charge in [-0.2, -0.15) is 0 Å². The van der Waals surface area contributed by atoms with Crippen molar-refractivity contribution in [2.75, 3.05) is 13.1 Å². The molecule has 5 nitrogen and oxygen atoms in total. The Morgan fingerprint density at radius 3 is 2.65 bits per heavy atom. The fourth-order valence-electron chi connectivity index (χ4n) is 4.04. The highest BCUT2D eigenvalue weighted by molar-refractivity contribution is 5.94. The van der Waals surface area contributed by atoms with Gasteiger partial charge in [0.25, 0.3) is 5.91 Å². The fourth-order valence-corrected chi connectivity index (χ4v) is 4.04. The van der Waals surface area contributed by atoms with Gasteiger partial charge in [0.15, 0.2) is 0 Å². The number of benzene rings is 2. The summed E-state index contributed by atoms with van der Waals surface area (Å²) in [4.78, 5) is 24.2. The number of nitrogens with zero attached hydrogens (tertiary/aromatic N) is 3. The van der Waals surface area contributed by atoms with Crippen LogP contribution in [0.2, 0.25) is 0 Å². The third kappa shape index (κ3) is 5.52. The van der Waals surface area contributed by atoms with E-state index in [1.807, 2.05) is 13.0 Å². The van der Waals surface area contributed by atoms with Gasteiger partial charge in [-0.05, 0) is 49.6 Å². The molecule has 1 aliphatic heterocycles. The number of amides is 1. The number of hydrogen-bond acceptors (Lipinski definition) is 4. The van der Waals surface area contributed by atoms with E-state index in [-0.39, 0.29) is 17.6 Å². The van der Waals surface area contributed by atoms with Gasteiger partial charge in [-0.25, -0.2) is 14.4 Å². The molecule has 2 aromatic carbocycles. The minimum absolute atomic E-state index is 0.220. The third-order valence-corrected chi connectivity index (χ3v) is 5.73. The van der Waals surface area contributed by atoms with E-state index in [0.717, 1.165) is 43.9 Å². The number of likely N-dealkylation sites (tertiary alicyclic amines) is 1. The molecule has 1 atom stereocenters. The molecular formula is C25H27FN4O. The van der Waals surface area contributed by atoms with Crippen LogP contribution in [0, 0.1) is 12.7 Å². The molecular weight excluding hydrogens is 391 g/mol. The predicted molar refractivity (Wildman–Crippen MR) is 118 cm³/mol. The molecule has 1 aromatic heterocycles. The second kappa shape index (κ2) is 9.79. The van der Waals surface area contributed by atoms with Gasteiger partial charge < -0.3 is 5.32 Å². The van der Waals surface area contributed by atoms with Crippen LogP contribution >= 0.6 is 0 Å². The van der Waals surface area contributed by atoms with Gasteiger partial charge in [0.1, 0.15) is 11.6 Å². The van der Waals surface area contributed by atoms with Crippen molar-refractivity contribution in [1.82, 2.24) is 20.2 Å². The molecule has 1 saturated heterocycles. The normalized spacial score (nSPS) is 16.8. The first kappa shape index (κ1) is 21.1. The zero-order valence-corrected chi connectivity index (χ0v) is 17.7. The summed E-state index contributed by atoms with van der Waals surface area (Å²) < 4.78 is 13.0. The number of hydrogen-bond donors (Lipinski definition) is 1. The highest BCUT2D eigenvalue weighted by Gasteiger charge is 2.24. The van der Waals surface area contributed by atoms with E-state index in [1.165, 1.54) is 17.7 Å². The molecule has 2 heterocycles. The Balaban J connectivity index is 1.38. The molecule has 1 N–H and O–H groups in total. The summed E-state index contributed by atoms with van der Waals surface area (Å²) in [6, 6.07) is 16.6. The van der Waals surface area contributed by atoms with Gasteiger partial charge in [-0.15, -0.1) is 0 Å². The number of nitrogens with one attached hydrogen (secondary N) is 1. The Morgan fingerprint density at radius 1 is 1.13 bits per heavy atom. The van der Waals surface area contributed by atoms with Gasteiger partial charge in [0, 0.05) is 31.7 Å². The summed E-state index contributed by atoms with van der Waals surface area (Å²) in [6.45, 7) is 5.11. The Bertz CT molecular complexity index is 1020. The molecule has 1 aliphatic rings. The van der Waals surface area contributed by atoms with E-state index in [4.69, 9.17) is 0 Å². The van der Waals surface area contributed by atoms with E-state index in [1.54, 1.807) is 18.3 Å². The van der Waals surface area contributed by atoms with E-state index in [9.17, 15) is 9.18 Å². The summed E-state index contributed by atoms with van der Waals surface area (Å²) >= 11 is 0. The maximum absolute atomic E-state index is 13.0. The zero-order chi connectivity index (χ0) is 21.6. The summed E-state index contributed by atoms with van der Waals surface area (Å²) in [5.74, 6) is 0.570. The zero-order valence-electron chi connectivity index (χ0n) is 17.7. The summed E-state index contributed by atoms with van der Waals surface area (Å²) in [5.41, 5.74) is 3.31. The quantitative estimate of drug-likeness (QED) is 0.651. The van der Waals surface area contributed by atoms with Crippen molar-refractivity contribution < 1.29 is 9.18 Å². The SMILES string of the molecule is Cc1nc(C2CCCN(Cc3ccccc3)C2)ncc1C(=O)NCc1ccc(F)cc1. The highest BCUT2D eigenvalue weighted by atomic mass is 19.1. The molecule has 1 fully saturated rings.